The monoisotopic (exact) mass is 465 g/mol. The van der Waals surface area contributed by atoms with E-state index in [1.54, 1.807) is 6.07 Å². The van der Waals surface area contributed by atoms with E-state index in [2.05, 4.69) is 34.6 Å². The largest absolute Gasteiger partial charge is 0.494 e. The van der Waals surface area contributed by atoms with Gasteiger partial charge in [-0.2, -0.15) is 0 Å². The first-order valence-corrected chi connectivity index (χ1v) is 12.1. The fourth-order valence-electron chi connectivity index (χ4n) is 5.79. The van der Waals surface area contributed by atoms with Gasteiger partial charge in [-0.15, -0.1) is 0 Å². The molecule has 1 aromatic heterocycles. The molecule has 7 nitrogen and oxygen atoms in total. The zero-order valence-corrected chi connectivity index (χ0v) is 19.7. The first-order chi connectivity index (χ1) is 16.5. The zero-order chi connectivity index (χ0) is 23.7. The predicted molar refractivity (Wildman–Crippen MR) is 134 cm³/mol. The Bertz CT molecular complexity index is 1150. The normalized spacial score (nSPS) is 26.4. The minimum absolute atomic E-state index is 0.197. The number of pyridine rings is 1. The first-order valence-electron chi connectivity index (χ1n) is 12.1. The number of aromatic nitrogens is 1. The van der Waals surface area contributed by atoms with Crippen LogP contribution in [0.25, 0.3) is 10.9 Å². The molecule has 1 saturated heterocycles. The lowest BCUT2D eigenvalue weighted by molar-refractivity contribution is 0.0697. The van der Waals surface area contributed by atoms with E-state index < -0.39 is 18.4 Å². The van der Waals surface area contributed by atoms with Gasteiger partial charge in [0, 0.05) is 35.5 Å². The summed E-state index contributed by atoms with van der Waals surface area (Å²) >= 11 is 0. The molecular weight excluding hydrogens is 431 g/mol. The molecule has 34 heavy (non-hydrogen) atoms. The maximum Gasteiger partial charge on any atom is 0.228 e. The number of hydrogen-bond acceptors (Lipinski definition) is 6. The van der Waals surface area contributed by atoms with E-state index >= 15 is 0 Å². The highest BCUT2D eigenvalue weighted by Crippen LogP contribution is 2.40. The SMILES string of the molecule is COc1ccc(N2C(N)NC[N+](c3ccc4ncccc4c3)(C3CCCCCC3)C2N)cc1F. The molecule has 3 atom stereocenters. The summed E-state index contributed by atoms with van der Waals surface area (Å²) in [4.78, 5) is 6.41. The molecule has 2 aromatic carbocycles. The lowest BCUT2D eigenvalue weighted by atomic mass is 10.00. The molecule has 8 heteroatoms. The number of nitrogens with two attached hydrogens (primary N) is 2. The summed E-state index contributed by atoms with van der Waals surface area (Å²) < 4.78 is 20.3. The molecule has 0 amide bonds. The van der Waals surface area contributed by atoms with Crippen LogP contribution in [0.3, 0.4) is 0 Å². The second kappa shape index (κ2) is 9.46. The molecule has 3 unspecified atom stereocenters. The Balaban J connectivity index is 1.64. The van der Waals surface area contributed by atoms with Gasteiger partial charge in [0.05, 0.1) is 18.7 Å². The van der Waals surface area contributed by atoms with Crippen LogP contribution in [-0.4, -0.2) is 37.4 Å². The van der Waals surface area contributed by atoms with Crippen molar-refractivity contribution in [2.45, 2.75) is 57.1 Å². The molecule has 3 aromatic rings. The third-order valence-electron chi connectivity index (χ3n) is 7.60. The van der Waals surface area contributed by atoms with Crippen molar-refractivity contribution in [3.8, 4) is 5.75 Å². The van der Waals surface area contributed by atoms with Crippen LogP contribution in [0, 0.1) is 5.82 Å². The molecule has 5 N–H and O–H groups in total. The quantitative estimate of drug-likeness (QED) is 0.399. The number of ether oxygens (including phenoxy) is 1. The maximum atomic E-state index is 14.7. The molecule has 1 aliphatic heterocycles. The highest BCUT2D eigenvalue weighted by Gasteiger charge is 2.51. The Morgan fingerprint density at radius 1 is 1.06 bits per heavy atom. The Morgan fingerprint density at radius 2 is 1.85 bits per heavy atom. The van der Waals surface area contributed by atoms with Gasteiger partial charge in [0.25, 0.3) is 0 Å². The Hall–Kier alpha value is -2.78. The summed E-state index contributed by atoms with van der Waals surface area (Å²) in [5, 5.41) is 4.57. The topological polar surface area (TPSA) is 89.4 Å². The molecule has 0 bridgehead atoms. The summed E-state index contributed by atoms with van der Waals surface area (Å²) in [5.74, 6) is -0.239. The van der Waals surface area contributed by atoms with Crippen molar-refractivity contribution in [2.24, 2.45) is 11.5 Å². The van der Waals surface area contributed by atoms with Crippen LogP contribution in [0.1, 0.15) is 38.5 Å². The van der Waals surface area contributed by atoms with Crippen LogP contribution in [0.15, 0.2) is 54.7 Å². The van der Waals surface area contributed by atoms with Crippen molar-refractivity contribution in [3.05, 3.63) is 60.5 Å². The smallest absolute Gasteiger partial charge is 0.228 e. The highest BCUT2D eigenvalue weighted by atomic mass is 19.1. The second-order valence-electron chi connectivity index (χ2n) is 9.40. The predicted octanol–water partition coefficient (Wildman–Crippen LogP) is 3.96. The van der Waals surface area contributed by atoms with Crippen molar-refractivity contribution in [3.63, 3.8) is 0 Å². The first kappa shape index (κ1) is 23.0. The number of anilines is 1. The van der Waals surface area contributed by atoms with Gasteiger partial charge in [0.2, 0.25) is 6.29 Å². The second-order valence-corrected chi connectivity index (χ2v) is 9.40. The van der Waals surface area contributed by atoms with Crippen molar-refractivity contribution < 1.29 is 9.13 Å². The third kappa shape index (κ3) is 3.90. The van der Waals surface area contributed by atoms with Gasteiger partial charge in [-0.25, -0.2) is 14.2 Å². The number of quaternary nitrogens is 1. The van der Waals surface area contributed by atoms with Crippen molar-refractivity contribution >= 4 is 22.3 Å². The minimum atomic E-state index is -0.540. The van der Waals surface area contributed by atoms with Crippen molar-refractivity contribution in [1.29, 1.82) is 0 Å². The standard InChI is InChI=1S/C26H34FN6O/c1-34-24-13-10-19(16-22(24)27)32-25(28)31-17-33(26(32)29,20-8-4-2-3-5-9-20)21-11-12-23-18(15-21)7-6-14-30-23/h6-7,10-16,20,25-26,31H,2-5,8-9,17,28-29H2,1H3/q+1. The van der Waals surface area contributed by atoms with E-state index in [1.807, 2.05) is 23.2 Å². The van der Waals surface area contributed by atoms with E-state index in [0.717, 1.165) is 29.4 Å². The van der Waals surface area contributed by atoms with Gasteiger partial charge in [-0.3, -0.25) is 21.4 Å². The molecule has 2 heterocycles. The maximum absolute atomic E-state index is 14.7. The molecule has 1 saturated carbocycles. The number of fused-ring (bicyclic) bond motifs is 1. The lowest BCUT2D eigenvalue weighted by Crippen LogP contribution is -2.82. The molecule has 2 fully saturated rings. The van der Waals surface area contributed by atoms with E-state index in [9.17, 15) is 4.39 Å². The van der Waals surface area contributed by atoms with Gasteiger partial charge in [-0.1, -0.05) is 18.9 Å². The molecule has 180 valence electrons. The molecule has 5 rings (SSSR count). The number of halogens is 1. The molecular formula is C26H34FN6O+. The summed E-state index contributed by atoms with van der Waals surface area (Å²) in [6.07, 6.45) is 7.78. The summed E-state index contributed by atoms with van der Waals surface area (Å²) in [5.41, 5.74) is 16.4. The number of benzene rings is 2. The van der Waals surface area contributed by atoms with E-state index in [0.29, 0.717) is 22.9 Å². The molecule has 0 spiro atoms. The van der Waals surface area contributed by atoms with Gasteiger partial charge >= 0.3 is 0 Å². The van der Waals surface area contributed by atoms with E-state index in [4.69, 9.17) is 16.2 Å². The number of rotatable bonds is 4. The fraction of sp³-hybridized carbons (Fsp3) is 0.423. The summed E-state index contributed by atoms with van der Waals surface area (Å²) in [6.45, 7) is 0.605. The van der Waals surface area contributed by atoms with Gasteiger partial charge < -0.3 is 4.74 Å². The average molecular weight is 466 g/mol. The van der Waals surface area contributed by atoms with Gasteiger partial charge in [0.1, 0.15) is 18.6 Å². The highest BCUT2D eigenvalue weighted by molar-refractivity contribution is 5.82. The zero-order valence-electron chi connectivity index (χ0n) is 19.7. The van der Waals surface area contributed by atoms with E-state index in [1.165, 1.54) is 38.9 Å². The number of methoxy groups -OCH3 is 1. The lowest BCUT2D eigenvalue weighted by Gasteiger charge is -2.56. The Kier molecular flexibility index (Phi) is 6.40. The van der Waals surface area contributed by atoms with Gasteiger partial charge in [0.15, 0.2) is 11.6 Å². The Labute approximate surface area is 200 Å². The van der Waals surface area contributed by atoms with Crippen LogP contribution in [0.4, 0.5) is 15.8 Å². The third-order valence-corrected chi connectivity index (χ3v) is 7.60. The fourth-order valence-corrected chi connectivity index (χ4v) is 5.79. The van der Waals surface area contributed by atoms with Crippen LogP contribution >= 0.6 is 0 Å². The van der Waals surface area contributed by atoms with Crippen LogP contribution in [0.2, 0.25) is 0 Å². The molecule has 1 aliphatic carbocycles. The van der Waals surface area contributed by atoms with Crippen LogP contribution in [-0.2, 0) is 0 Å². The van der Waals surface area contributed by atoms with Gasteiger partial charge in [-0.05, 0) is 49.9 Å². The van der Waals surface area contributed by atoms with Crippen molar-refractivity contribution in [2.75, 3.05) is 18.7 Å². The minimum Gasteiger partial charge on any atom is -0.494 e. The summed E-state index contributed by atoms with van der Waals surface area (Å²) in [6, 6.07) is 15.7. The Morgan fingerprint density at radius 3 is 2.59 bits per heavy atom. The molecule has 0 radical (unpaired) electrons. The van der Waals surface area contributed by atoms with E-state index in [-0.39, 0.29) is 5.75 Å². The number of nitrogens with one attached hydrogen (secondary N) is 1. The van der Waals surface area contributed by atoms with Crippen LogP contribution < -0.4 is 30.9 Å². The van der Waals surface area contributed by atoms with Crippen molar-refractivity contribution in [1.82, 2.24) is 14.8 Å². The van der Waals surface area contributed by atoms with Crippen LogP contribution in [0.5, 0.6) is 5.75 Å². The molecule has 2 aliphatic rings. The number of hydrogen-bond donors (Lipinski definition) is 3. The average Bonchev–Trinajstić information content (AvgIpc) is 3.14. The number of nitrogens with zero attached hydrogens (tertiary/aromatic N) is 3. The summed E-state index contributed by atoms with van der Waals surface area (Å²) in [7, 11) is 1.46.